The number of carbonyl (C=O) groups excluding carboxylic acids is 3. The van der Waals surface area contributed by atoms with Crippen molar-refractivity contribution in [3.05, 3.63) is 195 Å². The Hall–Kier alpha value is -5.46. The zero-order valence-corrected chi connectivity index (χ0v) is 49.2. The van der Waals surface area contributed by atoms with Crippen LogP contribution in [-0.4, -0.2) is 165 Å². The van der Waals surface area contributed by atoms with Gasteiger partial charge in [-0.2, -0.15) is 15.3 Å². The Morgan fingerprint density at radius 1 is 0.618 bits per heavy atom. The number of allylic oxidation sites excluding steroid dienone is 1. The van der Waals surface area contributed by atoms with Gasteiger partial charge < -0.3 is 39.4 Å². The van der Waals surface area contributed by atoms with Crippen molar-refractivity contribution in [2.45, 2.75) is 45.6 Å². The van der Waals surface area contributed by atoms with E-state index in [2.05, 4.69) is 126 Å². The first-order chi connectivity index (χ1) is 35.9. The van der Waals surface area contributed by atoms with Crippen molar-refractivity contribution in [3.63, 3.8) is 0 Å². The topological polar surface area (TPSA) is 175 Å². The van der Waals surface area contributed by atoms with Gasteiger partial charge in [0.05, 0.1) is 24.6 Å². The molecule has 3 aromatic carbocycles. The van der Waals surface area contributed by atoms with Crippen molar-refractivity contribution in [2.75, 3.05) is 45.8 Å². The van der Waals surface area contributed by atoms with Gasteiger partial charge in [-0.05, 0) is 62.7 Å². The summed E-state index contributed by atoms with van der Waals surface area (Å²) in [6.45, 7) is 12.2. The molecule has 9 heterocycles. The third kappa shape index (κ3) is 14.0. The maximum absolute atomic E-state index is 12.1. The largest absolute Gasteiger partial charge is 1.00 e. The molecule has 0 saturated carbocycles. The third-order valence-electron chi connectivity index (χ3n) is 13.4. The molecule has 6 bridgehead atoms. The number of nitrogens with zero attached hydrogens (tertiary/aromatic N) is 11. The molecule has 382 valence electrons. The van der Waals surface area contributed by atoms with Crippen molar-refractivity contribution in [1.82, 2.24) is 59.0 Å². The molecular formula is C54H63B2N12Na2O5P. The van der Waals surface area contributed by atoms with E-state index < -0.39 is 14.1 Å². The average molecular weight is 1060 g/mol. The van der Waals surface area contributed by atoms with Crippen LogP contribution in [0.4, 0.5) is 14.4 Å². The summed E-state index contributed by atoms with van der Waals surface area (Å²) < 4.78 is 3.02. The molecule has 22 heteroatoms. The van der Waals surface area contributed by atoms with E-state index in [-0.39, 0.29) is 103 Å². The number of nitrogens with one attached hydrogen (secondary N) is 1. The van der Waals surface area contributed by atoms with E-state index in [0.717, 1.165) is 46.5 Å². The van der Waals surface area contributed by atoms with E-state index in [4.69, 9.17) is 0 Å². The second-order valence-electron chi connectivity index (χ2n) is 18.2. The van der Waals surface area contributed by atoms with Gasteiger partial charge in [0.2, 0.25) is 0 Å². The predicted octanol–water partition coefficient (Wildman–Crippen LogP) is 0.553. The molecule has 6 aromatic rings. The minimum absolute atomic E-state index is 0. The number of aromatic amines is 1. The molecular weight excluding hydrogens is 995 g/mol. The maximum Gasteiger partial charge on any atom is 1.00 e. The average Bonchev–Trinajstić information content (AvgIpc) is 4.34. The molecule has 76 heavy (non-hydrogen) atoms. The minimum Gasteiger partial charge on any atom is -0.470 e. The summed E-state index contributed by atoms with van der Waals surface area (Å²) in [6, 6.07) is 33.7. The Bertz CT molecular complexity index is 2880. The van der Waals surface area contributed by atoms with Crippen molar-refractivity contribution in [2.24, 2.45) is 0 Å². The van der Waals surface area contributed by atoms with Gasteiger partial charge in [-0.25, -0.2) is 4.79 Å². The summed E-state index contributed by atoms with van der Waals surface area (Å²) in [4.78, 5) is 45.8. The number of rotatable bonds is 9. The van der Waals surface area contributed by atoms with E-state index in [1.54, 1.807) is 53.1 Å². The first-order valence-corrected chi connectivity index (χ1v) is 26.2. The van der Waals surface area contributed by atoms with E-state index in [1.807, 2.05) is 71.6 Å². The van der Waals surface area contributed by atoms with Gasteiger partial charge in [-0.3, -0.25) is 38.0 Å². The van der Waals surface area contributed by atoms with Crippen LogP contribution < -0.4 is 69.7 Å². The van der Waals surface area contributed by atoms with Gasteiger partial charge in [0, 0.05) is 93.2 Å². The monoisotopic (exact) mass is 1060 g/mol. The fraction of sp³-hybridized carbons (Fsp3) is 0.259. The van der Waals surface area contributed by atoms with E-state index in [0.29, 0.717) is 32.7 Å². The predicted molar refractivity (Wildman–Crippen MR) is 295 cm³/mol. The second kappa shape index (κ2) is 28.2. The van der Waals surface area contributed by atoms with Crippen molar-refractivity contribution in [1.29, 1.82) is 0 Å². The fourth-order valence-electron chi connectivity index (χ4n) is 9.50. The molecule has 3 fully saturated rings. The molecule has 12 rings (SSSR count). The number of urea groups is 3. The Labute approximate surface area is 492 Å². The number of hydrogen-bond acceptors (Lipinski definition) is 8. The zero-order valence-electron chi connectivity index (χ0n) is 44.3. The fourth-order valence-corrected chi connectivity index (χ4v) is 11.4. The van der Waals surface area contributed by atoms with Crippen LogP contribution in [0.5, 0.6) is 0 Å². The number of likely N-dealkylation sites (N-methyl/N-ethyl adjacent to an activating group) is 1. The molecule has 3 unspecified atom stereocenters. The van der Waals surface area contributed by atoms with Crippen LogP contribution in [0, 0.1) is 14.1 Å². The molecule has 3 N–H and O–H groups in total. The standard InChI is InChI=1S/C15H15P.C12H17BN4O2.C11H14BN4O2.C10H11N4O.C6H6.2Na/c1-2-13-16(14-9-5-3-6-10-14)15-11-7-4-8-12-15;1-3-16-11-8-15(12(16)18)5-4-10(11)9-6-14-17(7-9)13(2)19;1-12(18)16-6-8(5-13-16)9-3-4-15-7-10(9)14(2)11(15)17;1-13-9-6-14(10(13)15)3-2-8(9)7-4-11-12-5-7;1-2-4-6-5-3-1;;/h2-13H,1H3;4,6-7,11,19H,3,5,8H2,1-2H3;3,5-6,10,18H,2,4,7H2,1H3;2,4-5,9H,1,3,6H2,(H,11,12);1-6H;;/q;;2*-1;;2*+1/b13-2+;;;;;;. The van der Waals surface area contributed by atoms with Crippen molar-refractivity contribution >= 4 is 67.4 Å². The smallest absolute Gasteiger partial charge is 0.470 e. The number of aromatic nitrogens is 6. The molecule has 0 spiro atoms. The van der Waals surface area contributed by atoms with E-state index >= 15 is 0 Å². The summed E-state index contributed by atoms with van der Waals surface area (Å²) in [7, 11) is 5.97. The van der Waals surface area contributed by atoms with Gasteiger partial charge in [-0.1, -0.05) is 127 Å². The molecule has 6 amide bonds. The summed E-state index contributed by atoms with van der Waals surface area (Å²) in [5, 5.41) is 36.7. The Morgan fingerprint density at radius 2 is 1.01 bits per heavy atom. The van der Waals surface area contributed by atoms with Crippen LogP contribution in [-0.2, 0) is 0 Å². The first-order valence-electron chi connectivity index (χ1n) is 24.8. The van der Waals surface area contributed by atoms with Crippen LogP contribution in [0.15, 0.2) is 164 Å². The van der Waals surface area contributed by atoms with Gasteiger partial charge in [0.25, 0.3) is 12.1 Å². The minimum atomic E-state index is -0.652. The summed E-state index contributed by atoms with van der Waals surface area (Å²) >= 11 is 0. The molecule has 3 aromatic heterocycles. The number of benzene rings is 3. The van der Waals surface area contributed by atoms with Gasteiger partial charge in [0.1, 0.15) is 0 Å². The van der Waals surface area contributed by atoms with E-state index in [1.165, 1.54) is 24.7 Å². The summed E-state index contributed by atoms with van der Waals surface area (Å²) in [6.07, 6.45) is 19.1. The SMILES string of the molecule is C/C=C/P(c1ccccc1)c1ccccc1.CCN1C(=O)N2CC=C(c3cnn(B(C)O)c3)C1C2.[CH2-]N1C(=O)N2CC=C(c3cn[nH]c3)C1C2.[CH2-]N1C(=O)N2CC=C(c3cnn(B(C)O)c3)C1C2.[Na+].[Na+].c1ccccc1. The summed E-state index contributed by atoms with van der Waals surface area (Å²) in [5.74, 6) is 2.31. The number of H-pyrrole nitrogens is 1. The van der Waals surface area contributed by atoms with Crippen LogP contribution in [0.2, 0.25) is 13.6 Å². The van der Waals surface area contributed by atoms with Gasteiger partial charge in [-0.15, -0.1) is 0 Å². The normalized spacial score (nSPS) is 18.7. The van der Waals surface area contributed by atoms with Crippen LogP contribution in [0.25, 0.3) is 16.7 Å². The Balaban J connectivity index is 0.000000157. The first kappa shape index (κ1) is 59.8. The molecule has 6 aliphatic heterocycles. The molecule has 3 saturated heterocycles. The molecule has 17 nitrogen and oxygen atoms in total. The molecule has 6 aliphatic rings. The summed E-state index contributed by atoms with van der Waals surface area (Å²) in [5.41, 5.74) is 6.29. The number of hydrogen-bond donors (Lipinski definition) is 3. The van der Waals surface area contributed by atoms with Gasteiger partial charge in [0.15, 0.2) is 0 Å². The van der Waals surface area contributed by atoms with Crippen molar-refractivity contribution < 1.29 is 83.5 Å². The number of carbonyl (C=O) groups is 3. The number of amides is 6. The Kier molecular flexibility index (Phi) is 22.2. The zero-order chi connectivity index (χ0) is 52.3. The van der Waals surface area contributed by atoms with Crippen LogP contribution in [0.3, 0.4) is 0 Å². The molecule has 3 atom stereocenters. The quantitative estimate of drug-likeness (QED) is 0.107. The van der Waals surface area contributed by atoms with E-state index in [9.17, 15) is 24.4 Å². The van der Waals surface area contributed by atoms with Crippen molar-refractivity contribution in [3.8, 4) is 0 Å². The van der Waals surface area contributed by atoms with Crippen LogP contribution in [0.1, 0.15) is 30.5 Å². The third-order valence-corrected chi connectivity index (χ3v) is 15.7. The maximum atomic E-state index is 12.1. The van der Waals surface area contributed by atoms with Crippen LogP contribution >= 0.6 is 7.92 Å². The Morgan fingerprint density at radius 3 is 1.39 bits per heavy atom. The molecule has 0 radical (unpaired) electrons. The van der Waals surface area contributed by atoms with Gasteiger partial charge >= 0.3 is 79.2 Å². The molecule has 0 aliphatic carbocycles. The second-order valence-corrected chi connectivity index (χ2v) is 20.2. The number of fused-ring (bicyclic) bond motifs is 6.